The standard InChI is InChI=1S/C13H14F2O3/c1-3-18-13(17)9-4-5-11(12(14)15)10(7-9)6-8(2)16/h4-5,7,12H,3,6H2,1-2H3. The van der Waals surface area contributed by atoms with Crippen molar-refractivity contribution in [3.63, 3.8) is 0 Å². The number of halogens is 2. The van der Waals surface area contributed by atoms with Crippen LogP contribution in [0.3, 0.4) is 0 Å². The van der Waals surface area contributed by atoms with Crippen LogP contribution >= 0.6 is 0 Å². The van der Waals surface area contributed by atoms with Crippen molar-refractivity contribution >= 4 is 11.8 Å². The topological polar surface area (TPSA) is 43.4 Å². The molecular weight excluding hydrogens is 242 g/mol. The average molecular weight is 256 g/mol. The van der Waals surface area contributed by atoms with Crippen molar-refractivity contribution in [3.8, 4) is 0 Å². The molecule has 0 saturated carbocycles. The molecule has 5 heteroatoms. The minimum Gasteiger partial charge on any atom is -0.462 e. The van der Waals surface area contributed by atoms with E-state index in [1.807, 2.05) is 0 Å². The molecule has 0 atom stereocenters. The summed E-state index contributed by atoms with van der Waals surface area (Å²) in [6, 6.07) is 3.74. The molecule has 0 aliphatic carbocycles. The summed E-state index contributed by atoms with van der Waals surface area (Å²) in [5.74, 6) is -0.818. The molecular formula is C13H14F2O3. The Morgan fingerprint density at radius 1 is 1.33 bits per heavy atom. The lowest BCUT2D eigenvalue weighted by molar-refractivity contribution is -0.116. The molecule has 1 rings (SSSR count). The number of Topliss-reactive ketones (excluding diaryl/α,β-unsaturated/α-hetero) is 1. The number of ether oxygens (including phenoxy) is 1. The van der Waals surface area contributed by atoms with E-state index in [1.54, 1.807) is 6.92 Å². The number of hydrogen-bond donors (Lipinski definition) is 0. The normalized spacial score (nSPS) is 10.5. The van der Waals surface area contributed by atoms with E-state index in [2.05, 4.69) is 0 Å². The van der Waals surface area contributed by atoms with E-state index in [9.17, 15) is 18.4 Å². The zero-order valence-corrected chi connectivity index (χ0v) is 10.2. The van der Waals surface area contributed by atoms with Gasteiger partial charge in [-0.25, -0.2) is 13.6 Å². The predicted octanol–water partition coefficient (Wildman–Crippen LogP) is 2.93. The van der Waals surface area contributed by atoms with Gasteiger partial charge < -0.3 is 4.74 Å². The number of carbonyl (C=O) groups excluding carboxylic acids is 2. The van der Waals surface area contributed by atoms with E-state index in [4.69, 9.17) is 4.74 Å². The second-order valence-corrected chi connectivity index (χ2v) is 3.81. The fourth-order valence-corrected chi connectivity index (χ4v) is 1.58. The number of alkyl halides is 2. The fraction of sp³-hybridized carbons (Fsp3) is 0.385. The first-order valence-electron chi connectivity index (χ1n) is 5.53. The van der Waals surface area contributed by atoms with E-state index < -0.39 is 12.4 Å². The van der Waals surface area contributed by atoms with Crippen LogP contribution in [0.1, 0.15) is 41.8 Å². The Kier molecular flexibility index (Phi) is 4.95. The third kappa shape index (κ3) is 3.61. The summed E-state index contributed by atoms with van der Waals surface area (Å²) in [6.07, 6.45) is -2.79. The van der Waals surface area contributed by atoms with Crippen LogP contribution in [0.4, 0.5) is 8.78 Å². The van der Waals surface area contributed by atoms with Crippen LogP contribution < -0.4 is 0 Å². The number of ketones is 1. The highest BCUT2D eigenvalue weighted by Crippen LogP contribution is 2.25. The van der Waals surface area contributed by atoms with Crippen LogP contribution in [0.5, 0.6) is 0 Å². The molecule has 0 fully saturated rings. The Hall–Kier alpha value is -1.78. The average Bonchev–Trinajstić information content (AvgIpc) is 2.28. The van der Waals surface area contributed by atoms with Crippen LogP contribution in [0.15, 0.2) is 18.2 Å². The largest absolute Gasteiger partial charge is 0.462 e. The minimum atomic E-state index is -2.67. The summed E-state index contributed by atoms with van der Waals surface area (Å²) in [7, 11) is 0. The number of benzene rings is 1. The highest BCUT2D eigenvalue weighted by molar-refractivity contribution is 5.90. The van der Waals surface area contributed by atoms with Crippen LogP contribution in [-0.4, -0.2) is 18.4 Å². The highest BCUT2D eigenvalue weighted by atomic mass is 19.3. The monoisotopic (exact) mass is 256 g/mol. The lowest BCUT2D eigenvalue weighted by Gasteiger charge is -2.09. The van der Waals surface area contributed by atoms with Gasteiger partial charge in [0.15, 0.2) is 0 Å². The molecule has 0 aliphatic heterocycles. The fourth-order valence-electron chi connectivity index (χ4n) is 1.58. The molecule has 1 aromatic rings. The number of carbonyl (C=O) groups is 2. The lowest BCUT2D eigenvalue weighted by atomic mass is 10.00. The van der Waals surface area contributed by atoms with Crippen molar-refractivity contribution in [2.45, 2.75) is 26.7 Å². The SMILES string of the molecule is CCOC(=O)c1ccc(C(F)F)c(CC(C)=O)c1. The minimum absolute atomic E-state index is 0.118. The summed E-state index contributed by atoms with van der Waals surface area (Å²) in [6.45, 7) is 3.17. The van der Waals surface area contributed by atoms with Gasteiger partial charge in [0.1, 0.15) is 5.78 Å². The molecule has 0 N–H and O–H groups in total. The van der Waals surface area contributed by atoms with Crippen LogP contribution in [-0.2, 0) is 16.0 Å². The predicted molar refractivity (Wildman–Crippen MR) is 61.7 cm³/mol. The first-order chi connectivity index (χ1) is 8.45. The third-order valence-electron chi connectivity index (χ3n) is 2.33. The first-order valence-corrected chi connectivity index (χ1v) is 5.53. The van der Waals surface area contributed by atoms with Gasteiger partial charge in [0.2, 0.25) is 0 Å². The molecule has 18 heavy (non-hydrogen) atoms. The van der Waals surface area contributed by atoms with Gasteiger partial charge in [-0.1, -0.05) is 6.07 Å². The van der Waals surface area contributed by atoms with Gasteiger partial charge in [0.05, 0.1) is 12.2 Å². The molecule has 3 nitrogen and oxygen atoms in total. The maximum absolute atomic E-state index is 12.7. The summed E-state index contributed by atoms with van der Waals surface area (Å²) in [5, 5.41) is 0. The van der Waals surface area contributed by atoms with Crippen molar-refractivity contribution in [3.05, 3.63) is 34.9 Å². The summed E-state index contributed by atoms with van der Waals surface area (Å²) in [5.41, 5.74) is 0.124. The number of esters is 1. The van der Waals surface area contributed by atoms with Crippen molar-refractivity contribution in [1.29, 1.82) is 0 Å². The molecule has 0 radical (unpaired) electrons. The Balaban J connectivity index is 3.12. The Morgan fingerprint density at radius 3 is 2.50 bits per heavy atom. The zero-order chi connectivity index (χ0) is 13.7. The lowest BCUT2D eigenvalue weighted by Crippen LogP contribution is -2.08. The summed E-state index contributed by atoms with van der Waals surface area (Å²) in [4.78, 5) is 22.5. The molecule has 0 spiro atoms. The van der Waals surface area contributed by atoms with Crippen molar-refractivity contribution < 1.29 is 23.1 Å². The zero-order valence-electron chi connectivity index (χ0n) is 10.2. The van der Waals surface area contributed by atoms with E-state index in [0.29, 0.717) is 0 Å². The maximum atomic E-state index is 12.7. The van der Waals surface area contributed by atoms with E-state index in [0.717, 1.165) is 6.07 Å². The smallest absolute Gasteiger partial charge is 0.338 e. The van der Waals surface area contributed by atoms with E-state index in [1.165, 1.54) is 19.1 Å². The molecule has 0 heterocycles. The van der Waals surface area contributed by atoms with Gasteiger partial charge in [0.25, 0.3) is 6.43 Å². The summed E-state index contributed by atoms with van der Waals surface area (Å²) < 4.78 is 30.2. The van der Waals surface area contributed by atoms with Gasteiger partial charge in [-0.15, -0.1) is 0 Å². The first kappa shape index (κ1) is 14.3. The Bertz CT molecular complexity index is 456. The van der Waals surface area contributed by atoms with Gasteiger partial charge in [-0.2, -0.15) is 0 Å². The Morgan fingerprint density at radius 2 is 2.00 bits per heavy atom. The van der Waals surface area contributed by atoms with Gasteiger partial charge in [0, 0.05) is 12.0 Å². The van der Waals surface area contributed by atoms with Crippen molar-refractivity contribution in [2.24, 2.45) is 0 Å². The third-order valence-corrected chi connectivity index (χ3v) is 2.33. The second-order valence-electron chi connectivity index (χ2n) is 3.81. The van der Waals surface area contributed by atoms with Gasteiger partial charge in [-0.05, 0) is 31.5 Å². The molecule has 0 unspecified atom stereocenters. The van der Waals surface area contributed by atoms with E-state index in [-0.39, 0.29) is 35.5 Å². The maximum Gasteiger partial charge on any atom is 0.338 e. The quantitative estimate of drug-likeness (QED) is 0.761. The van der Waals surface area contributed by atoms with Gasteiger partial charge in [-0.3, -0.25) is 4.79 Å². The molecule has 0 saturated heterocycles. The Labute approximate surface area is 104 Å². The molecule has 0 bridgehead atoms. The second kappa shape index (κ2) is 6.23. The van der Waals surface area contributed by atoms with Crippen LogP contribution in [0.25, 0.3) is 0 Å². The van der Waals surface area contributed by atoms with Crippen LogP contribution in [0, 0.1) is 0 Å². The van der Waals surface area contributed by atoms with E-state index >= 15 is 0 Å². The van der Waals surface area contributed by atoms with Crippen molar-refractivity contribution in [2.75, 3.05) is 6.61 Å². The van der Waals surface area contributed by atoms with Gasteiger partial charge >= 0.3 is 5.97 Å². The number of rotatable bonds is 5. The molecule has 1 aromatic carbocycles. The molecule has 0 amide bonds. The van der Waals surface area contributed by atoms with Crippen molar-refractivity contribution in [1.82, 2.24) is 0 Å². The molecule has 98 valence electrons. The van der Waals surface area contributed by atoms with Crippen LogP contribution in [0.2, 0.25) is 0 Å². The molecule has 0 aliphatic rings. The number of hydrogen-bond acceptors (Lipinski definition) is 3. The molecule has 0 aromatic heterocycles. The summed E-state index contributed by atoms with van der Waals surface area (Å²) >= 11 is 0. The highest BCUT2D eigenvalue weighted by Gasteiger charge is 2.17.